The summed E-state index contributed by atoms with van der Waals surface area (Å²) in [6.45, 7) is 9.06. The smallest absolute Gasteiger partial charge is 0.228 e. The monoisotopic (exact) mass is 652 g/mol. The molecule has 0 amide bonds. The van der Waals surface area contributed by atoms with Crippen LogP contribution in [0.2, 0.25) is 0 Å². The Bertz CT molecular complexity index is 1610. The van der Waals surface area contributed by atoms with Gasteiger partial charge in [-0.05, 0) is 61.4 Å². The van der Waals surface area contributed by atoms with E-state index in [2.05, 4.69) is 75.3 Å². The van der Waals surface area contributed by atoms with Gasteiger partial charge in [-0.3, -0.25) is 4.90 Å². The number of piperazine rings is 1. The summed E-state index contributed by atoms with van der Waals surface area (Å²) in [6, 6.07) is 26.8. The van der Waals surface area contributed by atoms with E-state index in [1.807, 2.05) is 47.4 Å². The topological polar surface area (TPSA) is 104 Å². The standard InChI is InChI=1S/C36H44N8O4/c1-3-29(4-2)44-35(45)42(27-39-44)32-12-10-30(11-13-32)40-20-22-41(23-21-40)31-14-16-33(17-15-31)46-24-34-25-47-36(48-34,26-43-37-18-19-38-43)28-8-6-5-7-9-28/h5-19,27,29,34-35,45H,3-4,20-26H2,1-2H3/t34-,35?,36-/m0/s1. The van der Waals surface area contributed by atoms with E-state index >= 15 is 0 Å². The molecule has 252 valence electrons. The van der Waals surface area contributed by atoms with Crippen LogP contribution in [0.3, 0.4) is 0 Å². The van der Waals surface area contributed by atoms with E-state index < -0.39 is 12.1 Å². The molecule has 4 heterocycles. The molecule has 3 aromatic carbocycles. The first kappa shape index (κ1) is 31.9. The third-order valence-electron chi connectivity index (χ3n) is 9.43. The predicted octanol–water partition coefficient (Wildman–Crippen LogP) is 4.48. The van der Waals surface area contributed by atoms with E-state index in [1.54, 1.807) is 28.5 Å². The fraction of sp³-hybridized carbons (Fsp3) is 0.417. The Hall–Kier alpha value is -4.65. The molecule has 12 heteroatoms. The number of hydrogen-bond donors (Lipinski definition) is 1. The van der Waals surface area contributed by atoms with E-state index in [-0.39, 0.29) is 12.1 Å². The van der Waals surface area contributed by atoms with Crippen molar-refractivity contribution in [3.8, 4) is 5.75 Å². The third-order valence-corrected chi connectivity index (χ3v) is 9.43. The lowest BCUT2D eigenvalue weighted by atomic mass is 10.1. The normalized spacial score (nSPS) is 22.7. The van der Waals surface area contributed by atoms with E-state index in [0.717, 1.165) is 56.0 Å². The molecule has 3 aliphatic rings. The van der Waals surface area contributed by atoms with E-state index in [0.29, 0.717) is 19.8 Å². The first-order valence-corrected chi connectivity index (χ1v) is 16.9. The molecule has 4 aromatic rings. The maximum atomic E-state index is 10.9. The van der Waals surface area contributed by atoms with Crippen LogP contribution in [0, 0.1) is 0 Å². The maximum Gasteiger partial charge on any atom is 0.228 e. The number of nitrogens with zero attached hydrogens (tertiary/aromatic N) is 8. The Morgan fingerprint density at radius 1 is 0.833 bits per heavy atom. The van der Waals surface area contributed by atoms with E-state index in [9.17, 15) is 5.11 Å². The number of aromatic nitrogens is 3. The summed E-state index contributed by atoms with van der Waals surface area (Å²) in [5, 5.41) is 25.7. The minimum Gasteiger partial charge on any atom is -0.491 e. The fourth-order valence-electron chi connectivity index (χ4n) is 6.68. The summed E-state index contributed by atoms with van der Waals surface area (Å²) in [4.78, 5) is 8.22. The number of benzene rings is 3. The molecule has 12 nitrogen and oxygen atoms in total. The van der Waals surface area contributed by atoms with Crippen LogP contribution in [-0.2, 0) is 21.8 Å². The van der Waals surface area contributed by atoms with Gasteiger partial charge in [-0.25, -0.2) is 5.01 Å². The van der Waals surface area contributed by atoms with Gasteiger partial charge in [-0.15, -0.1) is 0 Å². The predicted molar refractivity (Wildman–Crippen MR) is 185 cm³/mol. The maximum absolute atomic E-state index is 10.9. The van der Waals surface area contributed by atoms with Gasteiger partial charge in [-0.2, -0.15) is 20.1 Å². The van der Waals surface area contributed by atoms with Crippen molar-refractivity contribution in [2.24, 2.45) is 5.10 Å². The number of aliphatic hydroxyl groups excluding tert-OH is 1. The second-order valence-corrected chi connectivity index (χ2v) is 12.4. The minimum atomic E-state index is -0.970. The Morgan fingerprint density at radius 3 is 2.06 bits per heavy atom. The average molecular weight is 653 g/mol. The van der Waals surface area contributed by atoms with Gasteiger partial charge in [0, 0.05) is 48.8 Å². The van der Waals surface area contributed by atoms with Crippen molar-refractivity contribution < 1.29 is 19.3 Å². The van der Waals surface area contributed by atoms with Crippen molar-refractivity contribution >= 4 is 23.4 Å². The Kier molecular flexibility index (Phi) is 9.46. The van der Waals surface area contributed by atoms with Gasteiger partial charge in [0.2, 0.25) is 12.1 Å². The molecule has 2 fully saturated rings. The van der Waals surface area contributed by atoms with Gasteiger partial charge < -0.3 is 29.1 Å². The number of anilines is 3. The lowest BCUT2D eigenvalue weighted by Crippen LogP contribution is -2.46. The quantitative estimate of drug-likeness (QED) is 0.236. The molecule has 0 spiro atoms. The lowest BCUT2D eigenvalue weighted by Gasteiger charge is -2.37. The molecule has 3 atom stereocenters. The zero-order chi connectivity index (χ0) is 32.9. The van der Waals surface area contributed by atoms with Crippen molar-refractivity contribution in [3.05, 3.63) is 96.8 Å². The molecule has 3 aliphatic heterocycles. The molecule has 0 radical (unpaired) electrons. The van der Waals surface area contributed by atoms with Crippen LogP contribution in [-0.4, -0.2) is 89.3 Å². The van der Waals surface area contributed by atoms with E-state index in [1.165, 1.54) is 11.4 Å². The largest absolute Gasteiger partial charge is 0.491 e. The summed E-state index contributed by atoms with van der Waals surface area (Å²) in [5.41, 5.74) is 4.21. The highest BCUT2D eigenvalue weighted by molar-refractivity contribution is 5.81. The van der Waals surface area contributed by atoms with Crippen LogP contribution >= 0.6 is 0 Å². The van der Waals surface area contributed by atoms with Crippen LogP contribution in [0.5, 0.6) is 5.75 Å². The summed E-state index contributed by atoms with van der Waals surface area (Å²) in [7, 11) is 0. The fourth-order valence-corrected chi connectivity index (χ4v) is 6.68. The molecule has 1 unspecified atom stereocenters. The van der Waals surface area contributed by atoms with Crippen LogP contribution in [0.4, 0.5) is 17.1 Å². The Morgan fingerprint density at radius 2 is 1.44 bits per heavy atom. The van der Waals surface area contributed by atoms with Crippen molar-refractivity contribution in [2.75, 3.05) is 54.1 Å². The van der Waals surface area contributed by atoms with Crippen LogP contribution in [0.25, 0.3) is 0 Å². The van der Waals surface area contributed by atoms with Gasteiger partial charge in [0.25, 0.3) is 0 Å². The lowest BCUT2D eigenvalue weighted by molar-refractivity contribution is -0.192. The van der Waals surface area contributed by atoms with Crippen molar-refractivity contribution in [1.82, 2.24) is 20.0 Å². The summed E-state index contributed by atoms with van der Waals surface area (Å²) in [6.07, 6.45) is 5.89. The van der Waals surface area contributed by atoms with Crippen LogP contribution in [0.1, 0.15) is 32.3 Å². The number of ether oxygens (including phenoxy) is 3. The van der Waals surface area contributed by atoms with Crippen molar-refractivity contribution in [2.45, 2.75) is 57.5 Å². The second kappa shape index (κ2) is 14.2. The highest BCUT2D eigenvalue weighted by Crippen LogP contribution is 2.36. The van der Waals surface area contributed by atoms with Gasteiger partial charge >= 0.3 is 0 Å². The zero-order valence-corrected chi connectivity index (χ0v) is 27.6. The van der Waals surface area contributed by atoms with Crippen molar-refractivity contribution in [1.29, 1.82) is 0 Å². The minimum absolute atomic E-state index is 0.223. The number of rotatable bonds is 12. The third kappa shape index (κ3) is 6.69. The molecule has 48 heavy (non-hydrogen) atoms. The van der Waals surface area contributed by atoms with Gasteiger partial charge in [0.15, 0.2) is 0 Å². The number of hydrogen-bond acceptors (Lipinski definition) is 11. The molecule has 0 bridgehead atoms. The molecule has 0 saturated carbocycles. The summed E-state index contributed by atoms with van der Waals surface area (Å²) >= 11 is 0. The molecule has 2 saturated heterocycles. The molecular weight excluding hydrogens is 608 g/mol. The highest BCUT2D eigenvalue weighted by Gasteiger charge is 2.44. The highest BCUT2D eigenvalue weighted by atomic mass is 16.8. The zero-order valence-electron chi connectivity index (χ0n) is 27.6. The Labute approximate surface area is 281 Å². The van der Waals surface area contributed by atoms with Gasteiger partial charge in [-0.1, -0.05) is 44.2 Å². The summed E-state index contributed by atoms with van der Waals surface area (Å²) < 4.78 is 18.9. The number of hydrazone groups is 1. The average Bonchev–Trinajstić information content (AvgIpc) is 3.90. The molecule has 1 N–H and O–H groups in total. The van der Waals surface area contributed by atoms with Crippen molar-refractivity contribution in [3.63, 3.8) is 0 Å². The Balaban J connectivity index is 0.894. The van der Waals surface area contributed by atoms with Crippen LogP contribution < -0.4 is 19.4 Å². The van der Waals surface area contributed by atoms with E-state index in [4.69, 9.17) is 14.2 Å². The first-order chi connectivity index (χ1) is 23.5. The molecule has 1 aromatic heterocycles. The van der Waals surface area contributed by atoms with Crippen LogP contribution in [0.15, 0.2) is 96.4 Å². The molecular formula is C36H44N8O4. The molecule has 0 aliphatic carbocycles. The van der Waals surface area contributed by atoms with Gasteiger partial charge in [0.05, 0.1) is 25.0 Å². The molecule has 7 rings (SSSR count). The number of aliphatic hydroxyl groups is 1. The van der Waals surface area contributed by atoms with Gasteiger partial charge in [0.1, 0.15) is 31.3 Å². The second-order valence-electron chi connectivity index (χ2n) is 12.4. The SMILES string of the molecule is CCC(CC)N1N=CN(c2ccc(N3CCN(c4ccc(OC[C@H]5CO[C@](Cn6nccn6)(c6ccccc6)O5)cc4)CC3)cc2)C1O. The first-order valence-electron chi connectivity index (χ1n) is 16.9. The summed E-state index contributed by atoms with van der Waals surface area (Å²) in [5.74, 6) is -0.175.